The van der Waals surface area contributed by atoms with Crippen LogP contribution >= 0.6 is 10.0 Å². The lowest BCUT2D eigenvalue weighted by Gasteiger charge is -2.28. The Labute approximate surface area is 273 Å². The third-order valence-corrected chi connectivity index (χ3v) is 10.0. The molecule has 0 unspecified atom stereocenters. The zero-order chi connectivity index (χ0) is 31.5. The van der Waals surface area contributed by atoms with Gasteiger partial charge in [-0.25, -0.2) is 10.0 Å². The smallest absolute Gasteiger partial charge is 0.0702 e. The van der Waals surface area contributed by atoms with Crippen LogP contribution < -0.4 is 0 Å². The van der Waals surface area contributed by atoms with Gasteiger partial charge in [0.05, 0.1) is 11.4 Å². The lowest BCUT2D eigenvalue weighted by atomic mass is 9.90. The minimum absolute atomic E-state index is 0.977. The quantitative estimate of drug-likeness (QED) is 0.179. The fraction of sp³-hybridized carbons (Fsp3) is 0.0698. The fourth-order valence-corrected chi connectivity index (χ4v) is 6.86. The Morgan fingerprint density at radius 3 is 1.07 bits per heavy atom. The molecule has 0 fully saturated rings. The largest absolute Gasteiger partial charge is 0.256 e. The van der Waals surface area contributed by atoms with Crippen LogP contribution in [0.15, 0.2) is 169 Å². The monoisotopic (exact) mass is 612 g/mol. The Kier molecular flexibility index (Phi) is 8.09. The van der Waals surface area contributed by atoms with E-state index < -0.39 is 10.0 Å². The molecule has 5 aromatic carbocycles. The summed E-state index contributed by atoms with van der Waals surface area (Å²) in [5.41, 5.74) is 13.6. The van der Waals surface area contributed by atoms with Gasteiger partial charge in [-0.15, -0.1) is 0 Å². The summed E-state index contributed by atoms with van der Waals surface area (Å²) >= 11 is 0. The fourth-order valence-electron chi connectivity index (χ4n) is 5.90. The number of hydrogen-bond donors (Lipinski definition) is 0. The zero-order valence-corrected chi connectivity index (χ0v) is 27.2. The molecule has 0 saturated carbocycles. The lowest BCUT2D eigenvalue weighted by molar-refractivity contribution is 1.32. The van der Waals surface area contributed by atoms with E-state index in [1.54, 1.807) is 0 Å². The van der Waals surface area contributed by atoms with Crippen LogP contribution in [0.4, 0.5) is 0 Å². The lowest BCUT2D eigenvalue weighted by Crippen LogP contribution is -1.96. The first kappa shape index (κ1) is 29.5. The summed E-state index contributed by atoms with van der Waals surface area (Å²) in [6.45, 7) is 0. The maximum Gasteiger partial charge on any atom is 0.0702 e. The summed E-state index contributed by atoms with van der Waals surface area (Å²) in [6, 6.07) is 53.8. The van der Waals surface area contributed by atoms with E-state index in [0.717, 1.165) is 33.6 Å². The van der Waals surface area contributed by atoms with Crippen LogP contribution in [-0.4, -0.2) is 28.7 Å². The molecule has 0 atom stereocenters. The van der Waals surface area contributed by atoms with Gasteiger partial charge in [-0.05, 0) is 87.4 Å². The second-order valence-corrected chi connectivity index (χ2v) is 16.4. The van der Waals surface area contributed by atoms with Gasteiger partial charge in [-0.1, -0.05) is 121 Å². The Morgan fingerprint density at radius 1 is 0.348 bits per heavy atom. The van der Waals surface area contributed by atoms with Crippen molar-refractivity contribution in [1.82, 2.24) is 9.97 Å². The molecule has 3 heteroatoms. The molecule has 0 aliphatic rings. The molecule has 224 valence electrons. The van der Waals surface area contributed by atoms with Crippen LogP contribution in [0.25, 0.3) is 67.0 Å². The Hall–Kier alpha value is -5.25. The summed E-state index contributed by atoms with van der Waals surface area (Å²) in [5.74, 6) is 0. The van der Waals surface area contributed by atoms with Crippen LogP contribution in [0.5, 0.6) is 0 Å². The van der Waals surface area contributed by atoms with Gasteiger partial charge < -0.3 is 0 Å². The third-order valence-electron chi connectivity index (χ3n) is 8.38. The van der Waals surface area contributed by atoms with Crippen molar-refractivity contribution < 1.29 is 0 Å². The van der Waals surface area contributed by atoms with Crippen LogP contribution in [0.3, 0.4) is 0 Å². The van der Waals surface area contributed by atoms with E-state index in [1.807, 2.05) is 24.5 Å². The summed E-state index contributed by atoms with van der Waals surface area (Å²) < 4.78 is 0. The molecule has 0 aliphatic heterocycles. The van der Waals surface area contributed by atoms with Crippen molar-refractivity contribution in [3.63, 3.8) is 0 Å². The Morgan fingerprint density at radius 2 is 0.717 bits per heavy atom. The third kappa shape index (κ3) is 6.15. The highest BCUT2D eigenvalue weighted by Crippen LogP contribution is 2.49. The van der Waals surface area contributed by atoms with Gasteiger partial charge in [-0.2, -0.15) is 0 Å². The van der Waals surface area contributed by atoms with Gasteiger partial charge in [0.25, 0.3) is 0 Å². The molecule has 2 aromatic heterocycles. The predicted octanol–water partition coefficient (Wildman–Crippen LogP) is 11.5. The van der Waals surface area contributed by atoms with Crippen LogP contribution in [0.1, 0.15) is 0 Å². The average molecular weight is 613 g/mol. The molecular weight excluding hydrogens is 577 g/mol. The second-order valence-electron chi connectivity index (χ2n) is 12.3. The van der Waals surface area contributed by atoms with Gasteiger partial charge in [-0.3, -0.25) is 9.97 Å². The van der Waals surface area contributed by atoms with E-state index in [1.165, 1.54) is 38.3 Å². The molecule has 7 aromatic rings. The number of nitrogens with zero attached hydrogens (tertiary/aromatic N) is 2. The number of rotatable bonds is 7. The highest BCUT2D eigenvalue weighted by Gasteiger charge is 2.17. The first-order valence-electron chi connectivity index (χ1n) is 15.5. The van der Waals surface area contributed by atoms with Crippen molar-refractivity contribution >= 4 is 10.0 Å². The number of benzene rings is 5. The van der Waals surface area contributed by atoms with Gasteiger partial charge in [0.1, 0.15) is 0 Å². The normalized spacial score (nSPS) is 11.7. The summed E-state index contributed by atoms with van der Waals surface area (Å²) in [6.07, 6.45) is 11.1. The summed E-state index contributed by atoms with van der Waals surface area (Å²) in [5, 5.41) is 0. The van der Waals surface area contributed by atoms with Crippen molar-refractivity contribution in [1.29, 1.82) is 0 Å². The molecule has 2 nitrogen and oxygen atoms in total. The number of hydrogen-bond acceptors (Lipinski definition) is 2. The van der Waals surface area contributed by atoms with Gasteiger partial charge in [0.2, 0.25) is 0 Å². The molecule has 0 bridgehead atoms. The van der Waals surface area contributed by atoms with Gasteiger partial charge in [0.15, 0.2) is 0 Å². The van der Waals surface area contributed by atoms with Crippen molar-refractivity contribution in [2.45, 2.75) is 4.90 Å². The summed E-state index contributed by atoms with van der Waals surface area (Å²) in [7, 11) is -1.02. The average Bonchev–Trinajstić information content (AvgIpc) is 3.12. The second kappa shape index (κ2) is 12.6. The van der Waals surface area contributed by atoms with E-state index in [2.05, 4.69) is 158 Å². The highest BCUT2D eigenvalue weighted by molar-refractivity contribution is 8.32. The maximum absolute atomic E-state index is 4.85. The first-order chi connectivity index (χ1) is 22.4. The highest BCUT2D eigenvalue weighted by atomic mass is 32.3. The van der Waals surface area contributed by atoms with E-state index in [4.69, 9.17) is 9.97 Å². The number of aromatic nitrogens is 2. The van der Waals surface area contributed by atoms with Crippen LogP contribution in [0, 0.1) is 0 Å². The minimum Gasteiger partial charge on any atom is -0.256 e. The Balaban J connectivity index is 1.32. The van der Waals surface area contributed by atoms with E-state index >= 15 is 0 Å². The molecule has 46 heavy (non-hydrogen) atoms. The molecule has 0 aliphatic carbocycles. The van der Waals surface area contributed by atoms with E-state index in [0.29, 0.717) is 0 Å². The first-order valence-corrected chi connectivity index (χ1v) is 18.4. The standard InChI is InChI=1S/C43H36N2S/c1-46(2,3)37-27-35(40-20-12-10-18-38(40)33-22-24-42(44-29-33)31-14-6-4-7-15-31)26-36(28-37)41-21-13-11-19-39(41)34-23-25-43(45-30-34)32-16-8-5-9-17-32/h4-30H,1-3H3. The molecule has 0 N–H and O–H groups in total. The zero-order valence-electron chi connectivity index (χ0n) is 26.4. The predicted molar refractivity (Wildman–Crippen MR) is 198 cm³/mol. The summed E-state index contributed by atoms with van der Waals surface area (Å²) in [4.78, 5) is 11.1. The molecular formula is C43H36N2S. The topological polar surface area (TPSA) is 25.8 Å². The minimum atomic E-state index is -1.02. The molecule has 7 rings (SSSR count). The molecule has 0 spiro atoms. The van der Waals surface area contributed by atoms with Gasteiger partial charge >= 0.3 is 0 Å². The van der Waals surface area contributed by atoms with Crippen molar-refractivity contribution in [3.8, 4) is 67.0 Å². The van der Waals surface area contributed by atoms with Crippen LogP contribution in [0.2, 0.25) is 0 Å². The number of pyridine rings is 2. The Bertz CT molecular complexity index is 1950. The van der Waals surface area contributed by atoms with Crippen LogP contribution in [-0.2, 0) is 0 Å². The molecule has 0 amide bonds. The SMILES string of the molecule is CS(C)(C)c1cc(-c2ccccc2-c2ccc(-c3ccccc3)nc2)cc(-c2ccccc2-c2ccc(-c3ccccc3)nc2)c1. The van der Waals surface area contributed by atoms with Crippen molar-refractivity contribution in [2.75, 3.05) is 18.8 Å². The van der Waals surface area contributed by atoms with E-state index in [9.17, 15) is 0 Å². The molecule has 2 heterocycles. The van der Waals surface area contributed by atoms with Crippen molar-refractivity contribution in [3.05, 3.63) is 164 Å². The van der Waals surface area contributed by atoms with E-state index in [-0.39, 0.29) is 0 Å². The van der Waals surface area contributed by atoms with Crippen molar-refractivity contribution in [2.24, 2.45) is 0 Å². The maximum atomic E-state index is 4.85. The van der Waals surface area contributed by atoms with Gasteiger partial charge in [0, 0.05) is 34.6 Å². The molecule has 0 radical (unpaired) electrons. The molecule has 0 saturated heterocycles.